The maximum Gasteiger partial charge on any atom is 0.243 e. The summed E-state index contributed by atoms with van der Waals surface area (Å²) in [5.74, 6) is -0.483. The SMILES string of the molecule is CCN(CC)S(=O)(=O)c1ccc(S(=O)(=O)N(CCc2ccccc2)Cc2ccccc2F)cc1. The molecule has 0 aliphatic carbocycles. The maximum absolute atomic E-state index is 14.3. The first kappa shape index (κ1) is 26.0. The van der Waals surface area contributed by atoms with Crippen molar-refractivity contribution >= 4 is 20.0 Å². The fourth-order valence-corrected chi connectivity index (χ4v) is 6.52. The third-order valence-corrected chi connectivity index (χ3v) is 9.53. The van der Waals surface area contributed by atoms with Gasteiger partial charge in [-0.1, -0.05) is 62.4 Å². The molecular weight excluding hydrogens is 475 g/mol. The van der Waals surface area contributed by atoms with Gasteiger partial charge in [-0.2, -0.15) is 8.61 Å². The molecule has 182 valence electrons. The van der Waals surface area contributed by atoms with Crippen LogP contribution in [0.25, 0.3) is 0 Å². The molecule has 9 heteroatoms. The van der Waals surface area contributed by atoms with E-state index in [9.17, 15) is 21.2 Å². The van der Waals surface area contributed by atoms with Crippen molar-refractivity contribution in [2.24, 2.45) is 0 Å². The van der Waals surface area contributed by atoms with Gasteiger partial charge in [0.2, 0.25) is 20.0 Å². The zero-order chi connectivity index (χ0) is 24.8. The predicted octanol–water partition coefficient (Wildman–Crippen LogP) is 4.29. The molecule has 0 aliphatic rings. The Hall–Kier alpha value is -2.59. The molecule has 0 unspecified atom stereocenters. The summed E-state index contributed by atoms with van der Waals surface area (Å²) in [6.45, 7) is 4.12. The molecule has 0 atom stereocenters. The van der Waals surface area contributed by atoms with Crippen molar-refractivity contribution in [2.75, 3.05) is 19.6 Å². The highest BCUT2D eigenvalue weighted by Crippen LogP contribution is 2.23. The number of hydrogen-bond acceptors (Lipinski definition) is 4. The van der Waals surface area contributed by atoms with Gasteiger partial charge in [0.15, 0.2) is 0 Å². The first-order valence-corrected chi connectivity index (χ1v) is 14.0. The number of sulfonamides is 2. The van der Waals surface area contributed by atoms with E-state index >= 15 is 0 Å². The number of rotatable bonds is 11. The molecule has 3 aromatic rings. The van der Waals surface area contributed by atoms with Crippen LogP contribution in [0.2, 0.25) is 0 Å². The molecule has 3 rings (SSSR count). The van der Waals surface area contributed by atoms with Crippen LogP contribution in [-0.2, 0) is 33.0 Å². The van der Waals surface area contributed by atoms with Gasteiger partial charge < -0.3 is 0 Å². The van der Waals surface area contributed by atoms with E-state index in [0.29, 0.717) is 19.5 Å². The summed E-state index contributed by atoms with van der Waals surface area (Å²) in [6.07, 6.45) is 0.447. The van der Waals surface area contributed by atoms with E-state index in [1.165, 1.54) is 38.9 Å². The van der Waals surface area contributed by atoms with Gasteiger partial charge in [0, 0.05) is 31.7 Å². The molecule has 0 aromatic heterocycles. The Labute approximate surface area is 201 Å². The van der Waals surface area contributed by atoms with Gasteiger partial charge in [0.05, 0.1) is 9.79 Å². The minimum Gasteiger partial charge on any atom is -0.207 e. The van der Waals surface area contributed by atoms with Crippen molar-refractivity contribution < 1.29 is 21.2 Å². The second kappa shape index (κ2) is 11.2. The number of halogens is 1. The summed E-state index contributed by atoms with van der Waals surface area (Å²) in [4.78, 5) is -0.0181. The monoisotopic (exact) mass is 504 g/mol. The van der Waals surface area contributed by atoms with Gasteiger partial charge in [-0.25, -0.2) is 21.2 Å². The fraction of sp³-hybridized carbons (Fsp3) is 0.280. The smallest absolute Gasteiger partial charge is 0.207 e. The van der Waals surface area contributed by atoms with Crippen LogP contribution in [0.3, 0.4) is 0 Å². The summed E-state index contributed by atoms with van der Waals surface area (Å²) in [6, 6.07) is 20.7. The van der Waals surface area contributed by atoms with Crippen LogP contribution in [0.5, 0.6) is 0 Å². The molecule has 0 aliphatic heterocycles. The lowest BCUT2D eigenvalue weighted by molar-refractivity contribution is 0.402. The van der Waals surface area contributed by atoms with Crippen molar-refractivity contribution in [2.45, 2.75) is 36.6 Å². The second-order valence-corrected chi connectivity index (χ2v) is 11.6. The summed E-state index contributed by atoms with van der Waals surface area (Å²) < 4.78 is 69.4. The standard InChI is InChI=1S/C25H29FN2O4S2/c1-3-27(4-2)33(29,30)23-14-16-24(17-15-23)34(31,32)28(19-18-21-10-6-5-7-11-21)20-22-12-8-9-13-25(22)26/h5-17H,3-4,18-20H2,1-2H3. The second-order valence-electron chi connectivity index (χ2n) is 7.73. The van der Waals surface area contributed by atoms with E-state index in [4.69, 9.17) is 0 Å². The molecule has 3 aromatic carbocycles. The van der Waals surface area contributed by atoms with Gasteiger partial charge in [0.1, 0.15) is 5.82 Å². The highest BCUT2D eigenvalue weighted by Gasteiger charge is 2.27. The third-order valence-electron chi connectivity index (χ3n) is 5.60. The highest BCUT2D eigenvalue weighted by atomic mass is 32.2. The zero-order valence-electron chi connectivity index (χ0n) is 19.3. The molecule has 0 heterocycles. The van der Waals surface area contributed by atoms with Crippen LogP contribution in [0, 0.1) is 5.82 Å². The molecular formula is C25H29FN2O4S2. The van der Waals surface area contributed by atoms with Gasteiger partial charge in [-0.05, 0) is 42.3 Å². The Bertz CT molecular complexity index is 1290. The predicted molar refractivity (Wildman–Crippen MR) is 131 cm³/mol. The number of hydrogen-bond donors (Lipinski definition) is 0. The third kappa shape index (κ3) is 5.90. The van der Waals surface area contributed by atoms with E-state index in [0.717, 1.165) is 5.56 Å². The number of nitrogens with zero attached hydrogens (tertiary/aromatic N) is 2. The van der Waals surface area contributed by atoms with Gasteiger partial charge >= 0.3 is 0 Å². The first-order chi connectivity index (χ1) is 16.2. The largest absolute Gasteiger partial charge is 0.243 e. The minimum atomic E-state index is -4.02. The quantitative estimate of drug-likeness (QED) is 0.390. The van der Waals surface area contributed by atoms with Crippen molar-refractivity contribution in [3.05, 3.63) is 95.8 Å². The highest BCUT2D eigenvalue weighted by molar-refractivity contribution is 7.89. The molecule has 0 radical (unpaired) electrons. The molecule has 0 fully saturated rings. The average molecular weight is 505 g/mol. The van der Waals surface area contributed by atoms with Crippen LogP contribution in [0.15, 0.2) is 88.7 Å². The lowest BCUT2D eigenvalue weighted by Crippen LogP contribution is -2.33. The Morgan fingerprint density at radius 3 is 1.71 bits per heavy atom. The molecule has 0 saturated carbocycles. The Kier molecular flexibility index (Phi) is 8.59. The van der Waals surface area contributed by atoms with Crippen molar-refractivity contribution in [3.8, 4) is 0 Å². The lowest BCUT2D eigenvalue weighted by Gasteiger charge is -2.23. The Morgan fingerprint density at radius 2 is 1.18 bits per heavy atom. The van der Waals surface area contributed by atoms with Crippen molar-refractivity contribution in [1.82, 2.24) is 8.61 Å². The molecule has 6 nitrogen and oxygen atoms in total. The maximum atomic E-state index is 14.3. The Morgan fingerprint density at radius 1 is 0.676 bits per heavy atom. The molecule has 0 amide bonds. The van der Waals surface area contributed by atoms with E-state index in [1.807, 2.05) is 30.3 Å². The van der Waals surface area contributed by atoms with Crippen LogP contribution in [-0.4, -0.2) is 45.1 Å². The van der Waals surface area contributed by atoms with Crippen LogP contribution >= 0.6 is 0 Å². The van der Waals surface area contributed by atoms with Crippen LogP contribution in [0.1, 0.15) is 25.0 Å². The van der Waals surface area contributed by atoms with E-state index in [1.54, 1.807) is 32.0 Å². The topological polar surface area (TPSA) is 74.8 Å². The molecule has 34 heavy (non-hydrogen) atoms. The van der Waals surface area contributed by atoms with E-state index in [2.05, 4.69) is 0 Å². The fourth-order valence-electron chi connectivity index (χ4n) is 3.64. The summed E-state index contributed by atoms with van der Waals surface area (Å²) >= 11 is 0. The Balaban J connectivity index is 1.93. The van der Waals surface area contributed by atoms with Gasteiger partial charge in [0.25, 0.3) is 0 Å². The summed E-state index contributed by atoms with van der Waals surface area (Å²) in [5.41, 5.74) is 1.22. The van der Waals surface area contributed by atoms with Crippen molar-refractivity contribution in [1.29, 1.82) is 0 Å². The molecule has 0 saturated heterocycles. The zero-order valence-corrected chi connectivity index (χ0v) is 20.9. The van der Waals surface area contributed by atoms with Gasteiger partial charge in [-0.3, -0.25) is 0 Å². The van der Waals surface area contributed by atoms with Crippen LogP contribution < -0.4 is 0 Å². The van der Waals surface area contributed by atoms with E-state index in [-0.39, 0.29) is 28.4 Å². The summed E-state index contributed by atoms with van der Waals surface area (Å²) in [5, 5.41) is 0. The van der Waals surface area contributed by atoms with Gasteiger partial charge in [-0.15, -0.1) is 0 Å². The molecule has 0 N–H and O–H groups in total. The first-order valence-electron chi connectivity index (χ1n) is 11.1. The normalized spacial score (nSPS) is 12.4. The number of benzene rings is 3. The average Bonchev–Trinajstić information content (AvgIpc) is 2.84. The summed E-state index contributed by atoms with van der Waals surface area (Å²) in [7, 11) is -7.73. The minimum absolute atomic E-state index is 0.0279. The van der Waals surface area contributed by atoms with Crippen LogP contribution in [0.4, 0.5) is 4.39 Å². The molecule has 0 spiro atoms. The van der Waals surface area contributed by atoms with E-state index < -0.39 is 25.9 Å². The lowest BCUT2D eigenvalue weighted by atomic mass is 10.1. The molecule has 0 bridgehead atoms. The van der Waals surface area contributed by atoms with Crippen molar-refractivity contribution in [3.63, 3.8) is 0 Å².